The van der Waals surface area contributed by atoms with E-state index in [0.717, 1.165) is 6.07 Å². The summed E-state index contributed by atoms with van der Waals surface area (Å²) in [4.78, 5) is 4.11. The summed E-state index contributed by atoms with van der Waals surface area (Å²) in [6.45, 7) is 3.55. The fourth-order valence-electron chi connectivity index (χ4n) is 2.20. The highest BCUT2D eigenvalue weighted by molar-refractivity contribution is 5.44. The minimum atomic E-state index is -4.46. The first-order valence-electron chi connectivity index (χ1n) is 7.21. The van der Waals surface area contributed by atoms with Gasteiger partial charge in [0, 0.05) is 11.9 Å². The Labute approximate surface area is 135 Å². The third kappa shape index (κ3) is 3.29. The van der Waals surface area contributed by atoms with E-state index in [0.29, 0.717) is 17.3 Å². The topological polar surface area (TPSA) is 69.6 Å². The molecule has 3 heterocycles. The number of hydrogen-bond acceptors (Lipinski definition) is 5. The molecule has 0 amide bonds. The van der Waals surface area contributed by atoms with Gasteiger partial charge in [-0.1, -0.05) is 13.0 Å². The molecular weight excluding hydrogens is 323 g/mol. The van der Waals surface area contributed by atoms with E-state index in [1.165, 1.54) is 4.68 Å². The maximum atomic E-state index is 12.7. The minimum Gasteiger partial charge on any atom is -0.419 e. The lowest BCUT2D eigenvalue weighted by Gasteiger charge is -2.09. The predicted molar refractivity (Wildman–Crippen MR) is 77.9 cm³/mol. The molecule has 0 bridgehead atoms. The van der Waals surface area contributed by atoms with Gasteiger partial charge in [0.05, 0.1) is 12.5 Å². The lowest BCUT2D eigenvalue weighted by molar-refractivity contribution is -0.141. The number of pyridine rings is 1. The number of hydrogen-bond donors (Lipinski definition) is 0. The van der Waals surface area contributed by atoms with E-state index in [1.54, 1.807) is 38.2 Å². The van der Waals surface area contributed by atoms with Crippen LogP contribution in [0.15, 0.2) is 34.9 Å². The van der Waals surface area contributed by atoms with Crippen molar-refractivity contribution >= 4 is 0 Å². The quantitative estimate of drug-likeness (QED) is 0.729. The van der Waals surface area contributed by atoms with Gasteiger partial charge in [0.25, 0.3) is 5.89 Å². The van der Waals surface area contributed by atoms with Gasteiger partial charge in [-0.2, -0.15) is 18.3 Å². The van der Waals surface area contributed by atoms with Crippen LogP contribution in [-0.2, 0) is 12.7 Å². The number of halogens is 3. The molecule has 6 nitrogen and oxygen atoms in total. The first-order chi connectivity index (χ1) is 11.3. The molecule has 3 aromatic heterocycles. The van der Waals surface area contributed by atoms with Crippen molar-refractivity contribution in [2.24, 2.45) is 0 Å². The van der Waals surface area contributed by atoms with Crippen LogP contribution in [0.25, 0.3) is 11.6 Å². The first-order valence-corrected chi connectivity index (χ1v) is 7.21. The Kier molecular flexibility index (Phi) is 4.08. The lowest BCUT2D eigenvalue weighted by atomic mass is 10.2. The summed E-state index contributed by atoms with van der Waals surface area (Å²) < 4.78 is 45.0. The Morgan fingerprint density at radius 3 is 2.67 bits per heavy atom. The summed E-state index contributed by atoms with van der Waals surface area (Å²) >= 11 is 0. The number of rotatable bonds is 4. The van der Waals surface area contributed by atoms with Gasteiger partial charge in [-0.25, -0.2) is 0 Å². The average molecular weight is 337 g/mol. The van der Waals surface area contributed by atoms with E-state index in [4.69, 9.17) is 4.42 Å². The van der Waals surface area contributed by atoms with Crippen molar-refractivity contribution in [3.8, 4) is 11.6 Å². The molecule has 0 radical (unpaired) electrons. The van der Waals surface area contributed by atoms with Gasteiger partial charge in [-0.3, -0.25) is 9.67 Å². The third-order valence-corrected chi connectivity index (χ3v) is 3.46. The van der Waals surface area contributed by atoms with E-state index < -0.39 is 11.9 Å². The summed E-state index contributed by atoms with van der Waals surface area (Å²) in [5, 5.41) is 11.5. The highest BCUT2D eigenvalue weighted by Gasteiger charge is 2.34. The first kappa shape index (κ1) is 16.2. The summed E-state index contributed by atoms with van der Waals surface area (Å²) in [5.41, 5.74) is 0.0450. The van der Waals surface area contributed by atoms with Crippen LogP contribution in [0.3, 0.4) is 0 Å². The van der Waals surface area contributed by atoms with Crippen molar-refractivity contribution in [3.63, 3.8) is 0 Å². The molecule has 3 aromatic rings. The van der Waals surface area contributed by atoms with Crippen LogP contribution in [-0.4, -0.2) is 25.0 Å². The van der Waals surface area contributed by atoms with Crippen molar-refractivity contribution in [1.29, 1.82) is 0 Å². The molecule has 0 aromatic carbocycles. The van der Waals surface area contributed by atoms with E-state index in [2.05, 4.69) is 20.3 Å². The second kappa shape index (κ2) is 6.06. The summed E-state index contributed by atoms with van der Waals surface area (Å²) in [6.07, 6.45) is -2.86. The number of nitrogens with zero attached hydrogens (tertiary/aromatic N) is 5. The van der Waals surface area contributed by atoms with Crippen molar-refractivity contribution in [2.45, 2.75) is 32.5 Å². The summed E-state index contributed by atoms with van der Waals surface area (Å²) in [6, 6.07) is 6.30. The van der Waals surface area contributed by atoms with Crippen molar-refractivity contribution in [3.05, 3.63) is 47.7 Å². The van der Waals surface area contributed by atoms with E-state index >= 15 is 0 Å². The van der Waals surface area contributed by atoms with Gasteiger partial charge in [0.15, 0.2) is 5.69 Å². The molecule has 0 unspecified atom stereocenters. The Bertz CT molecular complexity index is 825. The molecule has 3 rings (SSSR count). The van der Waals surface area contributed by atoms with Crippen LogP contribution in [0, 0.1) is 6.92 Å². The number of aromatic nitrogens is 5. The number of alkyl halides is 3. The normalized spacial score (nSPS) is 13.2. The Morgan fingerprint density at radius 1 is 1.25 bits per heavy atom. The molecule has 0 saturated heterocycles. The second-order valence-electron chi connectivity index (χ2n) is 5.41. The summed E-state index contributed by atoms with van der Waals surface area (Å²) in [5.74, 6) is 0.291. The van der Waals surface area contributed by atoms with Crippen LogP contribution in [0.5, 0.6) is 0 Å². The van der Waals surface area contributed by atoms with E-state index in [9.17, 15) is 13.2 Å². The van der Waals surface area contributed by atoms with Gasteiger partial charge in [-0.15, -0.1) is 10.2 Å². The van der Waals surface area contributed by atoms with Crippen LogP contribution in [0.4, 0.5) is 13.2 Å². The molecule has 9 heteroatoms. The maximum absolute atomic E-state index is 12.7. The zero-order valence-electron chi connectivity index (χ0n) is 12.9. The molecule has 24 heavy (non-hydrogen) atoms. The third-order valence-electron chi connectivity index (χ3n) is 3.46. The zero-order chi connectivity index (χ0) is 17.3. The Balaban J connectivity index is 1.78. The molecule has 0 fully saturated rings. The van der Waals surface area contributed by atoms with Crippen LogP contribution in [0.2, 0.25) is 0 Å². The fourth-order valence-corrected chi connectivity index (χ4v) is 2.20. The average Bonchev–Trinajstić information content (AvgIpc) is 3.15. The fraction of sp³-hybridized carbons (Fsp3) is 0.333. The van der Waals surface area contributed by atoms with E-state index in [-0.39, 0.29) is 18.4 Å². The lowest BCUT2D eigenvalue weighted by Crippen LogP contribution is -2.12. The standard InChI is InChI=1S/C15H14F3N5O/c1-9(8-23-10(2)7-12(22-23)15(16,17)18)13-20-21-14(24-13)11-5-3-4-6-19-11/h3-7,9H,8H2,1-2H3/t9-/m1/s1. The van der Waals surface area contributed by atoms with Gasteiger partial charge in [0.1, 0.15) is 5.69 Å². The molecular formula is C15H14F3N5O. The Morgan fingerprint density at radius 2 is 2.04 bits per heavy atom. The van der Waals surface area contributed by atoms with Crippen LogP contribution < -0.4 is 0 Å². The molecule has 0 saturated carbocycles. The molecule has 126 valence electrons. The summed E-state index contributed by atoms with van der Waals surface area (Å²) in [7, 11) is 0. The molecule has 0 aliphatic rings. The molecule has 0 spiro atoms. The van der Waals surface area contributed by atoms with Crippen molar-refractivity contribution in [2.75, 3.05) is 0 Å². The van der Waals surface area contributed by atoms with E-state index in [1.807, 2.05) is 0 Å². The smallest absolute Gasteiger partial charge is 0.419 e. The zero-order valence-corrected chi connectivity index (χ0v) is 12.9. The Hall–Kier alpha value is -2.71. The molecule has 0 N–H and O–H groups in total. The molecule has 1 atom stereocenters. The van der Waals surface area contributed by atoms with Gasteiger partial charge in [-0.05, 0) is 25.1 Å². The van der Waals surface area contributed by atoms with Crippen LogP contribution in [0.1, 0.15) is 30.1 Å². The van der Waals surface area contributed by atoms with Crippen molar-refractivity contribution in [1.82, 2.24) is 25.0 Å². The van der Waals surface area contributed by atoms with Crippen molar-refractivity contribution < 1.29 is 17.6 Å². The van der Waals surface area contributed by atoms with Crippen LogP contribution >= 0.6 is 0 Å². The minimum absolute atomic E-state index is 0.200. The largest absolute Gasteiger partial charge is 0.435 e. The predicted octanol–water partition coefficient (Wildman–Crippen LogP) is 3.46. The highest BCUT2D eigenvalue weighted by atomic mass is 19.4. The SMILES string of the molecule is Cc1cc(C(F)(F)F)nn1C[C@@H](C)c1nnc(-c2ccccn2)o1. The molecule has 0 aliphatic carbocycles. The monoisotopic (exact) mass is 337 g/mol. The highest BCUT2D eigenvalue weighted by Crippen LogP contribution is 2.29. The van der Waals surface area contributed by atoms with Gasteiger partial charge < -0.3 is 4.42 Å². The maximum Gasteiger partial charge on any atom is 0.435 e. The number of aryl methyl sites for hydroxylation is 1. The molecule has 0 aliphatic heterocycles. The van der Waals surface area contributed by atoms with Gasteiger partial charge in [0.2, 0.25) is 5.89 Å². The van der Waals surface area contributed by atoms with Gasteiger partial charge >= 0.3 is 6.18 Å². The second-order valence-corrected chi connectivity index (χ2v) is 5.41.